The number of H-pyrrole nitrogens is 1. The first kappa shape index (κ1) is 18.0. The van der Waals surface area contributed by atoms with Crippen LogP contribution in [0.1, 0.15) is 5.56 Å². The number of nitrogens with one attached hydrogen (secondary N) is 1. The van der Waals surface area contributed by atoms with Crippen molar-refractivity contribution in [1.29, 1.82) is 0 Å². The molecule has 0 bridgehead atoms. The smallest absolute Gasteiger partial charge is 0.250 e. The number of hydrogen-bond acceptors (Lipinski definition) is 3. The van der Waals surface area contributed by atoms with E-state index in [0.717, 1.165) is 44.5 Å². The maximum absolute atomic E-state index is 6.14. The molecule has 6 rings (SSSR count). The Hall–Kier alpha value is -3.83. The van der Waals surface area contributed by atoms with E-state index in [9.17, 15) is 0 Å². The maximum Gasteiger partial charge on any atom is 0.250 e. The number of rotatable bonds is 4. The highest BCUT2D eigenvalue weighted by molar-refractivity contribution is 6.30. The molecular weight excluding hydrogens is 408 g/mol. The molecule has 0 saturated carbocycles. The molecule has 1 N–H and O–H groups in total. The minimum atomic E-state index is 0.502. The summed E-state index contributed by atoms with van der Waals surface area (Å²) in [6.07, 6.45) is 3.98. The quantitative estimate of drug-likeness (QED) is 0.349. The minimum absolute atomic E-state index is 0.502. The Morgan fingerprint density at radius 1 is 0.806 bits per heavy atom. The van der Waals surface area contributed by atoms with Gasteiger partial charge in [-0.2, -0.15) is 0 Å². The fourth-order valence-electron chi connectivity index (χ4n) is 4.02. The molecule has 0 radical (unpaired) electrons. The number of para-hydroxylation sites is 2. The summed E-state index contributed by atoms with van der Waals surface area (Å²) in [5.74, 6) is 1.01. The number of benzene rings is 3. The lowest BCUT2D eigenvalue weighted by Crippen LogP contribution is -1.97. The normalized spacial score (nSPS) is 11.5. The van der Waals surface area contributed by atoms with E-state index in [4.69, 9.17) is 16.0 Å². The molecule has 0 atom stereocenters. The second-order valence-corrected chi connectivity index (χ2v) is 7.91. The molecule has 6 aromatic rings. The third kappa shape index (κ3) is 3.10. The van der Waals surface area contributed by atoms with E-state index in [2.05, 4.69) is 38.1 Å². The molecule has 0 fully saturated rings. The highest BCUT2D eigenvalue weighted by Crippen LogP contribution is 2.34. The van der Waals surface area contributed by atoms with Crippen LogP contribution in [0.15, 0.2) is 89.6 Å². The van der Waals surface area contributed by atoms with E-state index in [-0.39, 0.29) is 0 Å². The summed E-state index contributed by atoms with van der Waals surface area (Å²) in [6, 6.07) is 24.2. The van der Waals surface area contributed by atoms with Crippen molar-refractivity contribution in [3.8, 4) is 22.9 Å². The molecule has 3 aromatic heterocycles. The van der Waals surface area contributed by atoms with Crippen LogP contribution in [0.3, 0.4) is 0 Å². The Morgan fingerprint density at radius 3 is 2.35 bits per heavy atom. The van der Waals surface area contributed by atoms with Gasteiger partial charge in [0.05, 0.1) is 11.1 Å². The molecule has 0 saturated heterocycles. The van der Waals surface area contributed by atoms with Gasteiger partial charge in [0.15, 0.2) is 0 Å². The van der Waals surface area contributed by atoms with E-state index < -0.39 is 0 Å². The summed E-state index contributed by atoms with van der Waals surface area (Å²) in [5.41, 5.74) is 5.14. The van der Waals surface area contributed by atoms with Crippen molar-refractivity contribution in [2.75, 3.05) is 0 Å². The standard InChI is InChI=1S/C25H17ClN4O/c26-17-11-9-16(10-12-17)14-30-15-21(19-6-2-4-8-23(19)30)25-29-28-24(31-25)20-13-27-22-7-3-1-5-18(20)22/h1-13,15,27H,14H2. The van der Waals surface area contributed by atoms with Gasteiger partial charge < -0.3 is 14.0 Å². The highest BCUT2D eigenvalue weighted by atomic mass is 35.5. The van der Waals surface area contributed by atoms with Crippen molar-refractivity contribution < 1.29 is 4.42 Å². The lowest BCUT2D eigenvalue weighted by atomic mass is 10.2. The zero-order valence-electron chi connectivity index (χ0n) is 16.4. The van der Waals surface area contributed by atoms with Gasteiger partial charge in [-0.25, -0.2) is 0 Å². The Kier molecular flexibility index (Phi) is 4.14. The van der Waals surface area contributed by atoms with Gasteiger partial charge in [0.25, 0.3) is 0 Å². The van der Waals surface area contributed by atoms with Crippen molar-refractivity contribution >= 4 is 33.4 Å². The van der Waals surface area contributed by atoms with E-state index in [1.807, 2.05) is 66.9 Å². The fourth-order valence-corrected chi connectivity index (χ4v) is 4.15. The molecular formula is C25H17ClN4O. The van der Waals surface area contributed by atoms with Crippen molar-refractivity contribution in [2.45, 2.75) is 6.54 Å². The van der Waals surface area contributed by atoms with Crippen molar-refractivity contribution in [3.63, 3.8) is 0 Å². The minimum Gasteiger partial charge on any atom is -0.416 e. The summed E-state index contributed by atoms with van der Waals surface area (Å²) in [4.78, 5) is 3.26. The van der Waals surface area contributed by atoms with Crippen LogP contribution in [0.2, 0.25) is 5.02 Å². The van der Waals surface area contributed by atoms with Crippen LogP contribution in [-0.2, 0) is 6.54 Å². The fraction of sp³-hybridized carbons (Fsp3) is 0.0400. The van der Waals surface area contributed by atoms with Crippen LogP contribution in [-0.4, -0.2) is 19.7 Å². The summed E-state index contributed by atoms with van der Waals surface area (Å²) < 4.78 is 8.33. The second kappa shape index (κ2) is 7.15. The molecule has 0 spiro atoms. The van der Waals surface area contributed by atoms with Gasteiger partial charge in [-0.1, -0.05) is 60.1 Å². The van der Waals surface area contributed by atoms with E-state index in [1.165, 1.54) is 5.56 Å². The van der Waals surface area contributed by atoms with Gasteiger partial charge in [0, 0.05) is 45.8 Å². The molecule has 5 nitrogen and oxygen atoms in total. The number of fused-ring (bicyclic) bond motifs is 2. The Bertz CT molecular complexity index is 1520. The SMILES string of the molecule is Clc1ccc(Cn2cc(-c3nnc(-c4c[nH]c5ccccc45)o3)c3ccccc32)cc1. The molecule has 6 heteroatoms. The van der Waals surface area contributed by atoms with Crippen molar-refractivity contribution in [3.05, 3.63) is 95.8 Å². The third-order valence-corrected chi connectivity index (χ3v) is 5.78. The Labute approximate surface area is 182 Å². The van der Waals surface area contributed by atoms with Crippen LogP contribution in [0.4, 0.5) is 0 Å². The van der Waals surface area contributed by atoms with Crippen LogP contribution >= 0.6 is 11.6 Å². The van der Waals surface area contributed by atoms with Crippen molar-refractivity contribution in [1.82, 2.24) is 19.7 Å². The highest BCUT2D eigenvalue weighted by Gasteiger charge is 2.18. The lowest BCUT2D eigenvalue weighted by molar-refractivity contribution is 0.585. The van der Waals surface area contributed by atoms with E-state index in [0.29, 0.717) is 11.8 Å². The van der Waals surface area contributed by atoms with E-state index >= 15 is 0 Å². The van der Waals surface area contributed by atoms with Gasteiger partial charge >= 0.3 is 0 Å². The number of nitrogens with zero attached hydrogens (tertiary/aromatic N) is 3. The first-order valence-electron chi connectivity index (χ1n) is 9.99. The molecule has 0 aliphatic carbocycles. The third-order valence-electron chi connectivity index (χ3n) is 5.53. The first-order valence-corrected chi connectivity index (χ1v) is 10.4. The monoisotopic (exact) mass is 424 g/mol. The van der Waals surface area contributed by atoms with E-state index in [1.54, 1.807) is 0 Å². The van der Waals surface area contributed by atoms with Crippen LogP contribution in [0.25, 0.3) is 44.7 Å². The van der Waals surface area contributed by atoms with Crippen LogP contribution < -0.4 is 0 Å². The molecule has 3 aromatic carbocycles. The number of aromatic nitrogens is 4. The molecule has 0 aliphatic rings. The van der Waals surface area contributed by atoms with Crippen molar-refractivity contribution in [2.24, 2.45) is 0 Å². The Morgan fingerprint density at radius 2 is 1.52 bits per heavy atom. The molecule has 0 aliphatic heterocycles. The molecule has 3 heterocycles. The number of aromatic amines is 1. The molecule has 0 amide bonds. The second-order valence-electron chi connectivity index (χ2n) is 7.47. The first-order chi connectivity index (χ1) is 15.3. The predicted octanol–water partition coefficient (Wildman–Crippen LogP) is 6.54. The zero-order valence-corrected chi connectivity index (χ0v) is 17.2. The lowest BCUT2D eigenvalue weighted by Gasteiger charge is -2.05. The van der Waals surface area contributed by atoms with Crippen LogP contribution in [0, 0.1) is 0 Å². The average molecular weight is 425 g/mol. The average Bonchev–Trinajstić information content (AvgIpc) is 3.52. The summed E-state index contributed by atoms with van der Waals surface area (Å²) in [5, 5.41) is 11.6. The van der Waals surface area contributed by atoms with Gasteiger partial charge in [-0.15, -0.1) is 10.2 Å². The largest absolute Gasteiger partial charge is 0.416 e. The molecule has 150 valence electrons. The van der Waals surface area contributed by atoms with Gasteiger partial charge in [-0.05, 0) is 29.8 Å². The Balaban J connectivity index is 1.43. The molecule has 31 heavy (non-hydrogen) atoms. The number of halogens is 1. The molecule has 0 unspecified atom stereocenters. The summed E-state index contributed by atoms with van der Waals surface area (Å²) >= 11 is 6.04. The topological polar surface area (TPSA) is 59.6 Å². The summed E-state index contributed by atoms with van der Waals surface area (Å²) in [7, 11) is 0. The maximum atomic E-state index is 6.14. The van der Waals surface area contributed by atoms with Crippen LogP contribution in [0.5, 0.6) is 0 Å². The summed E-state index contributed by atoms with van der Waals surface area (Å²) in [6.45, 7) is 0.723. The zero-order chi connectivity index (χ0) is 20.8. The van der Waals surface area contributed by atoms with Gasteiger partial charge in [0.2, 0.25) is 11.8 Å². The van der Waals surface area contributed by atoms with Gasteiger partial charge in [0.1, 0.15) is 0 Å². The van der Waals surface area contributed by atoms with Gasteiger partial charge in [-0.3, -0.25) is 0 Å². The number of hydrogen-bond donors (Lipinski definition) is 1. The predicted molar refractivity (Wildman–Crippen MR) is 123 cm³/mol.